The highest BCUT2D eigenvalue weighted by atomic mass is 16.2. The Balaban J connectivity index is 1.23. The molecule has 2 aliphatic rings. The largest absolute Gasteiger partial charge is 0.354 e. The number of hydrogen-bond donors (Lipinski definition) is 2. The molecule has 40 heavy (non-hydrogen) atoms. The Hall–Kier alpha value is -5.50. The van der Waals surface area contributed by atoms with E-state index in [0.29, 0.717) is 33.8 Å². The monoisotopic (exact) mass is 528 g/mol. The fraction of sp³-hybridized carbons (Fsp3) is 0.0625. The second-order valence-electron chi connectivity index (χ2n) is 9.48. The number of benzene rings is 4. The van der Waals surface area contributed by atoms with Gasteiger partial charge in [0.2, 0.25) is 5.91 Å². The van der Waals surface area contributed by atoms with Crippen LogP contribution in [0.25, 0.3) is 11.3 Å². The number of nitrogens with one attached hydrogen (secondary N) is 2. The van der Waals surface area contributed by atoms with E-state index in [-0.39, 0.29) is 12.5 Å². The average Bonchev–Trinajstić information content (AvgIpc) is 3.44. The first-order chi connectivity index (χ1) is 19.4. The van der Waals surface area contributed by atoms with Gasteiger partial charge >= 0.3 is 0 Å². The van der Waals surface area contributed by atoms with Crippen LogP contribution in [0.2, 0.25) is 0 Å². The van der Waals surface area contributed by atoms with E-state index in [1.807, 2.05) is 66.7 Å². The van der Waals surface area contributed by atoms with Gasteiger partial charge in [0.1, 0.15) is 6.54 Å². The summed E-state index contributed by atoms with van der Waals surface area (Å²) in [7, 11) is 1.60. The number of anilines is 3. The lowest BCUT2D eigenvalue weighted by molar-refractivity contribution is -0.118. The highest BCUT2D eigenvalue weighted by Crippen LogP contribution is 2.37. The Labute approximate surface area is 230 Å². The second kappa shape index (κ2) is 9.99. The zero-order valence-corrected chi connectivity index (χ0v) is 21.5. The number of hydrogen-bond acceptors (Lipinski definition) is 5. The van der Waals surface area contributed by atoms with Crippen LogP contribution in [0.4, 0.5) is 17.1 Å². The van der Waals surface area contributed by atoms with Gasteiger partial charge < -0.3 is 15.5 Å². The Morgan fingerprint density at radius 1 is 0.750 bits per heavy atom. The molecule has 8 nitrogen and oxygen atoms in total. The summed E-state index contributed by atoms with van der Waals surface area (Å²) in [4.78, 5) is 53.8. The lowest BCUT2D eigenvalue weighted by Gasteiger charge is -2.21. The minimum Gasteiger partial charge on any atom is -0.354 e. The number of carbonyl (C=O) groups is 4. The number of fused-ring (bicyclic) bond motifs is 2. The number of carbonyl (C=O) groups excluding carboxylic acids is 4. The van der Waals surface area contributed by atoms with Crippen LogP contribution in [0, 0.1) is 0 Å². The van der Waals surface area contributed by atoms with Crippen molar-refractivity contribution in [3.05, 3.63) is 125 Å². The van der Waals surface area contributed by atoms with Gasteiger partial charge in [-0.25, -0.2) is 0 Å². The van der Waals surface area contributed by atoms with Gasteiger partial charge in [-0.2, -0.15) is 0 Å². The molecule has 2 aliphatic heterocycles. The first kappa shape index (κ1) is 24.8. The van der Waals surface area contributed by atoms with Gasteiger partial charge in [-0.1, -0.05) is 60.7 Å². The lowest BCUT2D eigenvalue weighted by Crippen LogP contribution is -2.41. The third-order valence-electron chi connectivity index (χ3n) is 7.05. The van der Waals surface area contributed by atoms with E-state index in [1.165, 1.54) is 4.90 Å². The van der Waals surface area contributed by atoms with Crippen LogP contribution in [0.1, 0.15) is 31.8 Å². The molecule has 0 unspecified atom stereocenters. The van der Waals surface area contributed by atoms with Crippen molar-refractivity contribution in [1.82, 2.24) is 4.90 Å². The molecule has 2 heterocycles. The van der Waals surface area contributed by atoms with Crippen molar-refractivity contribution in [3.8, 4) is 0 Å². The molecule has 0 aliphatic carbocycles. The van der Waals surface area contributed by atoms with E-state index < -0.39 is 17.7 Å². The maximum Gasteiger partial charge on any atom is 0.262 e. The van der Waals surface area contributed by atoms with Crippen molar-refractivity contribution in [2.75, 3.05) is 29.1 Å². The molecule has 0 atom stereocenters. The topological polar surface area (TPSA) is 98.8 Å². The fourth-order valence-electron chi connectivity index (χ4n) is 4.93. The quantitative estimate of drug-likeness (QED) is 0.275. The van der Waals surface area contributed by atoms with Gasteiger partial charge in [-0.05, 0) is 48.0 Å². The number of imide groups is 1. The van der Waals surface area contributed by atoms with Crippen molar-refractivity contribution >= 4 is 52.0 Å². The predicted octanol–water partition coefficient (Wildman–Crippen LogP) is 4.88. The summed E-state index contributed by atoms with van der Waals surface area (Å²) in [5.74, 6) is -1.54. The highest BCUT2D eigenvalue weighted by Gasteiger charge is 2.37. The van der Waals surface area contributed by atoms with Crippen LogP contribution in [0.15, 0.2) is 103 Å². The molecule has 0 aromatic heterocycles. The van der Waals surface area contributed by atoms with Crippen LogP contribution in [0.5, 0.6) is 0 Å². The van der Waals surface area contributed by atoms with E-state index in [9.17, 15) is 19.2 Å². The van der Waals surface area contributed by atoms with Gasteiger partial charge in [0.15, 0.2) is 0 Å². The van der Waals surface area contributed by atoms with Gasteiger partial charge in [-0.15, -0.1) is 0 Å². The summed E-state index contributed by atoms with van der Waals surface area (Å²) in [5.41, 5.74) is 5.53. The maximum absolute atomic E-state index is 13.0. The summed E-state index contributed by atoms with van der Waals surface area (Å²) >= 11 is 0. The molecule has 4 aromatic carbocycles. The first-order valence-electron chi connectivity index (χ1n) is 12.7. The molecular formula is C32H24N4O4. The van der Waals surface area contributed by atoms with Crippen LogP contribution >= 0.6 is 0 Å². The zero-order chi connectivity index (χ0) is 27.8. The zero-order valence-electron chi connectivity index (χ0n) is 21.5. The van der Waals surface area contributed by atoms with Crippen molar-refractivity contribution < 1.29 is 19.2 Å². The van der Waals surface area contributed by atoms with Gasteiger partial charge in [0.25, 0.3) is 17.7 Å². The highest BCUT2D eigenvalue weighted by molar-refractivity contribution is 6.37. The first-order valence-corrected chi connectivity index (χ1v) is 12.7. The molecule has 0 bridgehead atoms. The number of para-hydroxylation sites is 1. The van der Waals surface area contributed by atoms with Gasteiger partial charge in [0, 0.05) is 29.7 Å². The van der Waals surface area contributed by atoms with Crippen LogP contribution < -0.4 is 15.5 Å². The van der Waals surface area contributed by atoms with E-state index >= 15 is 0 Å². The van der Waals surface area contributed by atoms with E-state index in [2.05, 4.69) is 10.6 Å². The number of rotatable bonds is 6. The molecule has 4 amide bonds. The van der Waals surface area contributed by atoms with Crippen LogP contribution in [-0.2, 0) is 9.59 Å². The molecule has 0 fully saturated rings. The van der Waals surface area contributed by atoms with Gasteiger partial charge in [-0.3, -0.25) is 24.1 Å². The van der Waals surface area contributed by atoms with Crippen LogP contribution in [-0.4, -0.2) is 42.1 Å². The van der Waals surface area contributed by atoms with E-state index in [1.54, 1.807) is 43.4 Å². The van der Waals surface area contributed by atoms with E-state index in [4.69, 9.17) is 0 Å². The molecule has 4 aromatic rings. The molecule has 0 radical (unpaired) electrons. The summed E-state index contributed by atoms with van der Waals surface area (Å²) < 4.78 is 0. The number of likely N-dealkylation sites (N-methyl/N-ethyl adjacent to an activating group) is 1. The average molecular weight is 529 g/mol. The Morgan fingerprint density at radius 3 is 1.98 bits per heavy atom. The Morgan fingerprint density at radius 2 is 1.32 bits per heavy atom. The van der Waals surface area contributed by atoms with Crippen molar-refractivity contribution in [1.29, 1.82) is 0 Å². The van der Waals surface area contributed by atoms with Crippen molar-refractivity contribution in [2.45, 2.75) is 0 Å². The number of nitrogens with zero attached hydrogens (tertiary/aromatic N) is 2. The lowest BCUT2D eigenvalue weighted by atomic mass is 10.00. The van der Waals surface area contributed by atoms with Crippen molar-refractivity contribution in [2.24, 2.45) is 0 Å². The SMILES string of the molecule is CN(C(=O)CN1C(=O)c2ccccc2C1=O)c1ccc(NC(=C2C(=O)Nc3ccccc32)c2ccccc2)cc1. The maximum atomic E-state index is 13.0. The summed E-state index contributed by atoms with van der Waals surface area (Å²) in [6.07, 6.45) is 0. The molecule has 2 N–H and O–H groups in total. The Kier molecular flexibility index (Phi) is 6.20. The smallest absolute Gasteiger partial charge is 0.262 e. The third-order valence-corrected chi connectivity index (χ3v) is 7.05. The Bertz CT molecular complexity index is 1680. The molecule has 0 saturated carbocycles. The molecule has 8 heteroatoms. The van der Waals surface area contributed by atoms with E-state index in [0.717, 1.165) is 21.7 Å². The summed E-state index contributed by atoms with van der Waals surface area (Å²) in [5, 5.41) is 6.33. The minimum atomic E-state index is -0.471. The van der Waals surface area contributed by atoms with Crippen LogP contribution in [0.3, 0.4) is 0 Å². The number of amides is 4. The molecule has 0 spiro atoms. The standard InChI is InChI=1S/C32H24N4O4/c1-35(27(37)19-36-31(39)23-11-5-6-12-24(23)32(36)40)22-17-15-21(16-18-22)33-29(20-9-3-2-4-10-20)28-25-13-7-8-14-26(25)34-30(28)38/h2-18,33H,19H2,1H3,(H,34,38). The second-order valence-corrected chi connectivity index (χ2v) is 9.48. The van der Waals surface area contributed by atoms with Crippen molar-refractivity contribution in [3.63, 3.8) is 0 Å². The molecule has 0 saturated heterocycles. The molecular weight excluding hydrogens is 504 g/mol. The normalized spacial score (nSPS) is 14.9. The molecule has 6 rings (SSSR count). The minimum absolute atomic E-state index is 0.192. The molecule has 196 valence electrons. The van der Waals surface area contributed by atoms with Gasteiger partial charge in [0.05, 0.1) is 22.4 Å². The summed E-state index contributed by atoms with van der Waals surface area (Å²) in [6.45, 7) is -0.360. The summed E-state index contributed by atoms with van der Waals surface area (Å²) in [6, 6.07) is 30.8. The fourth-order valence-corrected chi connectivity index (χ4v) is 4.93. The third kappa shape index (κ3) is 4.31. The predicted molar refractivity (Wildman–Crippen MR) is 154 cm³/mol.